The van der Waals surface area contributed by atoms with Crippen LogP contribution in [0.25, 0.3) is 0 Å². The Morgan fingerprint density at radius 3 is 1.71 bits per heavy atom. The lowest BCUT2D eigenvalue weighted by Gasteiger charge is -2.02. The van der Waals surface area contributed by atoms with Crippen LogP contribution in [0.1, 0.15) is 29.2 Å². The summed E-state index contributed by atoms with van der Waals surface area (Å²) in [5, 5.41) is 35.7. The van der Waals surface area contributed by atoms with Crippen LogP contribution >= 0.6 is 0 Å². The van der Waals surface area contributed by atoms with E-state index in [1.165, 1.54) is 19.1 Å². The Morgan fingerprint density at radius 2 is 1.35 bits per heavy atom. The van der Waals surface area contributed by atoms with Crippen LogP contribution in [0.2, 0.25) is 0 Å². The standard InChI is InChI=1S/C10H11N3O4.C8H9N3O3/c1-6-3-4-8(5-9(6)13(15)16)10(11)12-17-7(2)14;1-5-2-3-6(8(9)10-12)4-7(5)11(13)14/h3-5H,1-2H3,(H2,11,12);2-4,12H,1H3,(H2,9,10). The Hall–Kier alpha value is -4.55. The predicted molar refractivity (Wildman–Crippen MR) is 111 cm³/mol. The van der Waals surface area contributed by atoms with Crippen molar-refractivity contribution in [2.24, 2.45) is 21.8 Å². The molecule has 2 aromatic rings. The van der Waals surface area contributed by atoms with E-state index in [-0.39, 0.29) is 23.0 Å². The van der Waals surface area contributed by atoms with Crippen molar-refractivity contribution in [3.63, 3.8) is 0 Å². The second-order valence-corrected chi connectivity index (χ2v) is 6.06. The summed E-state index contributed by atoms with van der Waals surface area (Å²) in [6.07, 6.45) is 0. The van der Waals surface area contributed by atoms with Crippen molar-refractivity contribution < 1.29 is 24.7 Å². The first-order valence-electron chi connectivity index (χ1n) is 8.47. The summed E-state index contributed by atoms with van der Waals surface area (Å²) in [5.74, 6) is -0.856. The normalized spacial score (nSPS) is 11.2. The molecule has 0 spiro atoms. The lowest BCUT2D eigenvalue weighted by Crippen LogP contribution is -2.15. The number of hydrogen-bond acceptors (Lipinski definition) is 9. The zero-order chi connectivity index (χ0) is 23.7. The molecule has 0 heterocycles. The molecular formula is C18H20N6O7. The summed E-state index contributed by atoms with van der Waals surface area (Å²) in [5.41, 5.74) is 12.4. The minimum absolute atomic E-state index is 0.0471. The van der Waals surface area contributed by atoms with Gasteiger partial charge in [0.05, 0.1) is 9.85 Å². The predicted octanol–water partition coefficient (Wildman–Crippen LogP) is 2.08. The molecule has 0 radical (unpaired) electrons. The van der Waals surface area contributed by atoms with Crippen molar-refractivity contribution in [1.82, 2.24) is 0 Å². The van der Waals surface area contributed by atoms with Gasteiger partial charge in [0.15, 0.2) is 11.7 Å². The van der Waals surface area contributed by atoms with Gasteiger partial charge in [-0.25, -0.2) is 4.79 Å². The van der Waals surface area contributed by atoms with Gasteiger partial charge in [0.2, 0.25) is 0 Å². The SMILES string of the molecule is CC(=O)O/N=C(\N)c1ccc(C)c([N+](=O)[O-])c1.Cc1ccc(/C(N)=N/O)cc1[N+](=O)[O-]. The molecule has 2 rings (SSSR count). The number of nitro benzene ring substituents is 2. The summed E-state index contributed by atoms with van der Waals surface area (Å²) in [6, 6.07) is 8.75. The van der Waals surface area contributed by atoms with Gasteiger partial charge in [0.1, 0.15) is 0 Å². The third kappa shape index (κ3) is 7.08. The van der Waals surface area contributed by atoms with E-state index in [2.05, 4.69) is 15.1 Å². The highest BCUT2D eigenvalue weighted by Crippen LogP contribution is 2.19. The molecule has 31 heavy (non-hydrogen) atoms. The maximum atomic E-state index is 10.7. The molecule has 0 aliphatic heterocycles. The fourth-order valence-electron chi connectivity index (χ4n) is 2.15. The Morgan fingerprint density at radius 1 is 0.935 bits per heavy atom. The van der Waals surface area contributed by atoms with Crippen molar-refractivity contribution >= 4 is 29.0 Å². The molecule has 0 aliphatic rings. The summed E-state index contributed by atoms with van der Waals surface area (Å²) in [6.45, 7) is 4.41. The summed E-state index contributed by atoms with van der Waals surface area (Å²) >= 11 is 0. The maximum Gasteiger partial charge on any atom is 0.332 e. The number of carbonyl (C=O) groups is 1. The number of rotatable bonds is 5. The molecule has 0 atom stereocenters. The van der Waals surface area contributed by atoms with Crippen LogP contribution in [-0.2, 0) is 9.63 Å². The van der Waals surface area contributed by atoms with Crippen LogP contribution in [0, 0.1) is 34.1 Å². The molecule has 0 aliphatic carbocycles. The molecule has 0 saturated carbocycles. The zero-order valence-electron chi connectivity index (χ0n) is 16.8. The van der Waals surface area contributed by atoms with Crippen molar-refractivity contribution in [3.8, 4) is 0 Å². The number of carbonyl (C=O) groups excluding carboxylic acids is 1. The van der Waals surface area contributed by atoms with E-state index < -0.39 is 15.8 Å². The van der Waals surface area contributed by atoms with E-state index in [1.54, 1.807) is 38.1 Å². The zero-order valence-corrected chi connectivity index (χ0v) is 16.8. The van der Waals surface area contributed by atoms with Gasteiger partial charge in [-0.3, -0.25) is 20.2 Å². The first-order valence-corrected chi connectivity index (χ1v) is 8.47. The third-order valence-corrected chi connectivity index (χ3v) is 3.78. The number of oxime groups is 2. The van der Waals surface area contributed by atoms with Crippen molar-refractivity contribution in [1.29, 1.82) is 0 Å². The number of aryl methyl sites for hydroxylation is 2. The highest BCUT2D eigenvalue weighted by Gasteiger charge is 2.13. The summed E-state index contributed by atoms with van der Waals surface area (Å²) < 4.78 is 0. The van der Waals surface area contributed by atoms with Crippen LogP contribution in [0.5, 0.6) is 0 Å². The van der Waals surface area contributed by atoms with Crippen LogP contribution in [0.15, 0.2) is 46.7 Å². The highest BCUT2D eigenvalue weighted by molar-refractivity contribution is 5.98. The second-order valence-electron chi connectivity index (χ2n) is 6.06. The quantitative estimate of drug-likeness (QED) is 0.157. The molecule has 5 N–H and O–H groups in total. The Kier molecular flexibility index (Phi) is 8.57. The van der Waals surface area contributed by atoms with Gasteiger partial charge >= 0.3 is 5.97 Å². The van der Waals surface area contributed by atoms with Crippen molar-refractivity contribution in [2.45, 2.75) is 20.8 Å². The Balaban J connectivity index is 0.000000316. The van der Waals surface area contributed by atoms with Crippen molar-refractivity contribution in [2.75, 3.05) is 0 Å². The molecule has 0 aromatic heterocycles. The van der Waals surface area contributed by atoms with Gasteiger partial charge in [-0.15, -0.1) is 0 Å². The number of nitrogens with two attached hydrogens (primary N) is 2. The van der Waals surface area contributed by atoms with E-state index in [9.17, 15) is 25.0 Å². The number of hydrogen-bond donors (Lipinski definition) is 3. The molecular weight excluding hydrogens is 412 g/mol. The van der Waals surface area contributed by atoms with Gasteiger partial charge in [-0.1, -0.05) is 34.6 Å². The molecule has 13 nitrogen and oxygen atoms in total. The fourth-order valence-corrected chi connectivity index (χ4v) is 2.15. The van der Waals surface area contributed by atoms with Crippen molar-refractivity contribution in [3.05, 3.63) is 78.9 Å². The smallest absolute Gasteiger partial charge is 0.332 e. The van der Waals surface area contributed by atoms with Crippen LogP contribution in [0.4, 0.5) is 11.4 Å². The van der Waals surface area contributed by atoms with Crippen LogP contribution in [0.3, 0.4) is 0 Å². The number of amidine groups is 2. The Labute approximate surface area is 175 Å². The summed E-state index contributed by atoms with van der Waals surface area (Å²) in [7, 11) is 0. The first-order chi connectivity index (χ1) is 14.5. The molecule has 0 fully saturated rings. The number of nitrogens with zero attached hydrogens (tertiary/aromatic N) is 4. The number of nitro groups is 2. The lowest BCUT2D eigenvalue weighted by molar-refractivity contribution is -0.385. The largest absolute Gasteiger partial charge is 0.409 e. The topological polar surface area (TPSA) is 210 Å². The van der Waals surface area contributed by atoms with E-state index in [0.29, 0.717) is 22.3 Å². The monoisotopic (exact) mass is 432 g/mol. The van der Waals surface area contributed by atoms with Gasteiger partial charge in [0.25, 0.3) is 11.4 Å². The van der Waals surface area contributed by atoms with E-state index in [0.717, 1.165) is 0 Å². The van der Waals surface area contributed by atoms with Gasteiger partial charge in [0, 0.05) is 41.3 Å². The average molecular weight is 432 g/mol. The van der Waals surface area contributed by atoms with Gasteiger partial charge < -0.3 is 21.5 Å². The molecule has 0 amide bonds. The van der Waals surface area contributed by atoms with Crippen LogP contribution in [-0.4, -0.2) is 32.7 Å². The summed E-state index contributed by atoms with van der Waals surface area (Å²) in [4.78, 5) is 35.1. The molecule has 0 saturated heterocycles. The minimum Gasteiger partial charge on any atom is -0.409 e. The fraction of sp³-hybridized carbons (Fsp3) is 0.167. The molecule has 164 valence electrons. The Bertz CT molecular complexity index is 1070. The van der Waals surface area contributed by atoms with E-state index in [4.69, 9.17) is 16.7 Å². The molecule has 0 bridgehead atoms. The second kappa shape index (κ2) is 10.8. The van der Waals surface area contributed by atoms with Gasteiger partial charge in [-0.05, 0) is 13.8 Å². The van der Waals surface area contributed by atoms with Crippen LogP contribution < -0.4 is 11.5 Å². The molecule has 0 unspecified atom stereocenters. The highest BCUT2D eigenvalue weighted by atomic mass is 16.7. The minimum atomic E-state index is -0.616. The molecule has 2 aromatic carbocycles. The third-order valence-electron chi connectivity index (χ3n) is 3.78. The average Bonchev–Trinajstić information content (AvgIpc) is 2.72. The maximum absolute atomic E-state index is 10.7. The van der Waals surface area contributed by atoms with Gasteiger partial charge in [-0.2, -0.15) is 0 Å². The first kappa shape index (κ1) is 24.5. The molecule has 13 heteroatoms. The van der Waals surface area contributed by atoms with E-state index >= 15 is 0 Å². The lowest BCUT2D eigenvalue weighted by atomic mass is 10.1. The van der Waals surface area contributed by atoms with E-state index in [1.807, 2.05) is 0 Å². The number of benzene rings is 2.